The summed E-state index contributed by atoms with van der Waals surface area (Å²) in [5, 5.41) is 4.55. The van der Waals surface area contributed by atoms with Gasteiger partial charge in [0.05, 0.1) is 18.5 Å². The largest absolute Gasteiger partial charge is 0.468 e. The third-order valence-corrected chi connectivity index (χ3v) is 3.78. The summed E-state index contributed by atoms with van der Waals surface area (Å²) >= 11 is 0. The van der Waals surface area contributed by atoms with E-state index in [1.165, 1.54) is 12.8 Å². The summed E-state index contributed by atoms with van der Waals surface area (Å²) in [6.07, 6.45) is 2.90. The second kappa shape index (κ2) is 6.19. The minimum atomic E-state index is -0.115. The van der Waals surface area contributed by atoms with Crippen LogP contribution < -0.4 is 0 Å². The van der Waals surface area contributed by atoms with Crippen LogP contribution in [0.25, 0.3) is 0 Å². The molecule has 5 heteroatoms. The lowest BCUT2D eigenvalue weighted by molar-refractivity contribution is -0.146. The van der Waals surface area contributed by atoms with E-state index in [1.54, 1.807) is 0 Å². The Hall–Kier alpha value is -1.36. The molecule has 0 radical (unpaired) electrons. The van der Waals surface area contributed by atoms with Crippen molar-refractivity contribution < 1.29 is 9.53 Å². The lowest BCUT2D eigenvalue weighted by atomic mass is 10.2. The Bertz CT molecular complexity index is 442. The van der Waals surface area contributed by atoms with Crippen molar-refractivity contribution in [2.24, 2.45) is 0 Å². The van der Waals surface area contributed by atoms with E-state index in [1.807, 2.05) is 4.68 Å². The molecule has 0 aromatic carbocycles. The molecule has 0 amide bonds. The molecule has 1 aliphatic heterocycles. The van der Waals surface area contributed by atoms with Crippen LogP contribution in [-0.4, -0.2) is 40.3 Å². The van der Waals surface area contributed by atoms with Gasteiger partial charge in [0, 0.05) is 13.1 Å². The van der Waals surface area contributed by atoms with Crippen molar-refractivity contribution in [3.63, 3.8) is 0 Å². The van der Waals surface area contributed by atoms with E-state index in [-0.39, 0.29) is 12.0 Å². The molecule has 0 bridgehead atoms. The number of hydrogen-bond acceptors (Lipinski definition) is 4. The molecule has 2 rings (SSSR count). The number of hydrogen-bond donors (Lipinski definition) is 0. The molecule has 5 nitrogen and oxygen atoms in total. The predicted octanol–water partition coefficient (Wildman–Crippen LogP) is 1.60. The number of nitrogens with zero attached hydrogens (tertiary/aromatic N) is 3. The number of likely N-dealkylation sites (tertiary alicyclic amines) is 1. The zero-order chi connectivity index (χ0) is 13.8. The fourth-order valence-electron chi connectivity index (χ4n) is 2.72. The maximum absolute atomic E-state index is 11.7. The highest BCUT2D eigenvalue weighted by Gasteiger charge is 2.31. The summed E-state index contributed by atoms with van der Waals surface area (Å²) in [4.78, 5) is 13.9. The average Bonchev–Trinajstić information content (AvgIpc) is 3.04. The predicted molar refractivity (Wildman–Crippen MR) is 72.7 cm³/mol. The summed E-state index contributed by atoms with van der Waals surface area (Å²) in [6.45, 7) is 6.81. The SMILES string of the molecule is CCc1cc(CN2CCCC2C(=O)OC)n(CC)n1. The Labute approximate surface area is 114 Å². The Morgan fingerprint density at radius 3 is 2.95 bits per heavy atom. The van der Waals surface area contributed by atoms with Crippen molar-refractivity contribution in [2.75, 3.05) is 13.7 Å². The first-order valence-corrected chi connectivity index (χ1v) is 7.07. The molecule has 19 heavy (non-hydrogen) atoms. The average molecular weight is 265 g/mol. The van der Waals surface area contributed by atoms with Crippen molar-refractivity contribution in [3.8, 4) is 0 Å². The van der Waals surface area contributed by atoms with Crippen LogP contribution in [0.3, 0.4) is 0 Å². The smallest absolute Gasteiger partial charge is 0.323 e. The minimum Gasteiger partial charge on any atom is -0.468 e. The Kier molecular flexibility index (Phi) is 4.58. The lowest BCUT2D eigenvalue weighted by Gasteiger charge is -2.22. The van der Waals surface area contributed by atoms with Crippen molar-refractivity contribution >= 4 is 5.97 Å². The van der Waals surface area contributed by atoms with Gasteiger partial charge in [-0.2, -0.15) is 5.10 Å². The van der Waals surface area contributed by atoms with E-state index in [2.05, 4.69) is 29.9 Å². The summed E-state index contributed by atoms with van der Waals surface area (Å²) in [7, 11) is 1.46. The molecule has 0 saturated carbocycles. The van der Waals surface area contributed by atoms with E-state index < -0.39 is 0 Å². The molecule has 106 valence electrons. The monoisotopic (exact) mass is 265 g/mol. The van der Waals surface area contributed by atoms with Gasteiger partial charge in [0.15, 0.2) is 0 Å². The molecule has 1 aliphatic rings. The Morgan fingerprint density at radius 2 is 2.32 bits per heavy atom. The Morgan fingerprint density at radius 1 is 1.53 bits per heavy atom. The number of carbonyl (C=O) groups excluding carboxylic acids is 1. The molecule has 0 aliphatic carbocycles. The summed E-state index contributed by atoms with van der Waals surface area (Å²) in [6, 6.07) is 2.06. The van der Waals surface area contributed by atoms with Gasteiger partial charge in [-0.05, 0) is 38.8 Å². The van der Waals surface area contributed by atoms with Crippen LogP contribution in [0.5, 0.6) is 0 Å². The minimum absolute atomic E-state index is 0.0877. The zero-order valence-corrected chi connectivity index (χ0v) is 12.1. The van der Waals surface area contributed by atoms with Gasteiger partial charge < -0.3 is 4.74 Å². The maximum Gasteiger partial charge on any atom is 0.323 e. The lowest BCUT2D eigenvalue weighted by Crippen LogP contribution is -2.36. The number of aromatic nitrogens is 2. The van der Waals surface area contributed by atoms with E-state index in [0.717, 1.165) is 44.6 Å². The second-order valence-electron chi connectivity index (χ2n) is 4.95. The number of ether oxygens (including phenoxy) is 1. The molecule has 1 saturated heterocycles. The van der Waals surface area contributed by atoms with Crippen LogP contribution in [0.4, 0.5) is 0 Å². The van der Waals surface area contributed by atoms with Gasteiger partial charge in [-0.1, -0.05) is 6.92 Å². The molecule has 2 heterocycles. The van der Waals surface area contributed by atoms with Crippen LogP contribution in [0.15, 0.2) is 6.07 Å². The van der Waals surface area contributed by atoms with E-state index >= 15 is 0 Å². The topological polar surface area (TPSA) is 47.4 Å². The standard InChI is InChI=1S/C14H23N3O2/c1-4-11-9-12(17(5-2)15-11)10-16-8-6-7-13(16)14(18)19-3/h9,13H,4-8,10H2,1-3H3. The zero-order valence-electron chi connectivity index (χ0n) is 12.1. The van der Waals surface area contributed by atoms with E-state index in [9.17, 15) is 4.79 Å². The van der Waals surface area contributed by atoms with Gasteiger partial charge in [0.1, 0.15) is 6.04 Å². The number of esters is 1. The van der Waals surface area contributed by atoms with Gasteiger partial charge in [0.25, 0.3) is 0 Å². The molecule has 1 aromatic rings. The summed E-state index contributed by atoms with van der Waals surface area (Å²) in [5.74, 6) is -0.115. The van der Waals surface area contributed by atoms with Crippen molar-refractivity contribution in [1.82, 2.24) is 14.7 Å². The third kappa shape index (κ3) is 2.97. The van der Waals surface area contributed by atoms with Crippen LogP contribution in [0.1, 0.15) is 38.1 Å². The summed E-state index contributed by atoms with van der Waals surface area (Å²) in [5.41, 5.74) is 2.31. The van der Waals surface area contributed by atoms with E-state index in [0.29, 0.717) is 0 Å². The number of methoxy groups -OCH3 is 1. The van der Waals surface area contributed by atoms with Crippen LogP contribution in [-0.2, 0) is 29.0 Å². The van der Waals surface area contributed by atoms with Crippen LogP contribution >= 0.6 is 0 Å². The highest BCUT2D eigenvalue weighted by Crippen LogP contribution is 2.21. The van der Waals surface area contributed by atoms with Crippen molar-refractivity contribution in [2.45, 2.75) is 52.2 Å². The second-order valence-corrected chi connectivity index (χ2v) is 4.95. The molecular formula is C14H23N3O2. The van der Waals surface area contributed by atoms with Crippen molar-refractivity contribution in [3.05, 3.63) is 17.5 Å². The van der Waals surface area contributed by atoms with Gasteiger partial charge in [-0.15, -0.1) is 0 Å². The third-order valence-electron chi connectivity index (χ3n) is 3.78. The molecule has 0 N–H and O–H groups in total. The van der Waals surface area contributed by atoms with Crippen LogP contribution in [0.2, 0.25) is 0 Å². The fourth-order valence-corrected chi connectivity index (χ4v) is 2.72. The van der Waals surface area contributed by atoms with Gasteiger partial charge >= 0.3 is 5.97 Å². The van der Waals surface area contributed by atoms with Crippen LogP contribution in [0, 0.1) is 0 Å². The molecule has 0 spiro atoms. The van der Waals surface area contributed by atoms with E-state index in [4.69, 9.17) is 4.74 Å². The highest BCUT2D eigenvalue weighted by molar-refractivity contribution is 5.75. The van der Waals surface area contributed by atoms with Gasteiger partial charge in [-0.25, -0.2) is 0 Å². The number of rotatable bonds is 5. The molecule has 1 fully saturated rings. The number of carbonyl (C=O) groups is 1. The molecule has 1 aromatic heterocycles. The van der Waals surface area contributed by atoms with Gasteiger partial charge in [0.2, 0.25) is 0 Å². The number of aryl methyl sites for hydroxylation is 2. The first kappa shape index (κ1) is 14.1. The highest BCUT2D eigenvalue weighted by atomic mass is 16.5. The summed E-state index contributed by atoms with van der Waals surface area (Å²) < 4.78 is 6.92. The molecule has 1 unspecified atom stereocenters. The molecule has 1 atom stereocenters. The first-order valence-electron chi connectivity index (χ1n) is 7.07. The maximum atomic E-state index is 11.7. The quantitative estimate of drug-likeness (QED) is 0.759. The molecular weight excluding hydrogens is 242 g/mol. The first-order chi connectivity index (χ1) is 9.19. The Balaban J connectivity index is 2.11. The van der Waals surface area contributed by atoms with Gasteiger partial charge in [-0.3, -0.25) is 14.4 Å². The normalized spacial score (nSPS) is 19.8. The van der Waals surface area contributed by atoms with Crippen molar-refractivity contribution in [1.29, 1.82) is 0 Å². The fraction of sp³-hybridized carbons (Fsp3) is 0.714.